The van der Waals surface area contributed by atoms with E-state index in [4.69, 9.17) is 0 Å². The fraction of sp³-hybridized carbons (Fsp3) is 0.231. The van der Waals surface area contributed by atoms with Crippen LogP contribution in [0.3, 0.4) is 0 Å². The summed E-state index contributed by atoms with van der Waals surface area (Å²) in [7, 11) is 1.74. The van der Waals surface area contributed by atoms with Crippen molar-refractivity contribution in [1.29, 1.82) is 0 Å². The lowest BCUT2D eigenvalue weighted by molar-refractivity contribution is 0.101. The highest BCUT2D eigenvalue weighted by Gasteiger charge is 2.17. The second kappa shape index (κ2) is 4.49. The van der Waals surface area contributed by atoms with E-state index in [-0.39, 0.29) is 5.78 Å². The molecule has 1 aromatic carbocycles. The van der Waals surface area contributed by atoms with Gasteiger partial charge in [-0.3, -0.25) is 4.79 Å². The van der Waals surface area contributed by atoms with Crippen molar-refractivity contribution in [1.82, 2.24) is 9.55 Å². The van der Waals surface area contributed by atoms with Gasteiger partial charge in [0.15, 0.2) is 12.0 Å². The highest BCUT2D eigenvalue weighted by molar-refractivity contribution is 5.94. The van der Waals surface area contributed by atoms with Gasteiger partial charge in [-0.15, -0.1) is 0 Å². The largest absolute Gasteiger partial charge is 0.335 e. The Morgan fingerprint density at radius 2 is 2.24 bits per heavy atom. The molecule has 0 spiro atoms. The molecule has 17 heavy (non-hydrogen) atoms. The number of halogens is 1. The number of nitrogens with zero attached hydrogens (tertiary/aromatic N) is 2. The number of carbonyl (C=O) groups excluding carboxylic acids is 1. The molecule has 1 heterocycles. The van der Waals surface area contributed by atoms with Gasteiger partial charge in [-0.05, 0) is 18.6 Å². The Hall–Kier alpha value is -1.97. The first-order chi connectivity index (χ1) is 8.09. The van der Waals surface area contributed by atoms with Crippen molar-refractivity contribution in [2.75, 3.05) is 0 Å². The van der Waals surface area contributed by atoms with Gasteiger partial charge in [-0.2, -0.15) is 0 Å². The lowest BCUT2D eigenvalue weighted by Gasteiger charge is -2.09. The number of Topliss-reactive ketones (excluding diaryl/α,β-unsaturated/α-hetero) is 1. The normalized spacial score (nSPS) is 12.4. The quantitative estimate of drug-likeness (QED) is 0.762. The van der Waals surface area contributed by atoms with E-state index >= 15 is 0 Å². The van der Waals surface area contributed by atoms with E-state index in [1.165, 1.54) is 6.92 Å². The van der Waals surface area contributed by atoms with Gasteiger partial charge in [0, 0.05) is 25.0 Å². The van der Waals surface area contributed by atoms with Crippen LogP contribution in [0.25, 0.3) is 0 Å². The zero-order chi connectivity index (χ0) is 12.4. The van der Waals surface area contributed by atoms with Gasteiger partial charge >= 0.3 is 0 Å². The number of benzene rings is 1. The molecule has 0 aliphatic rings. The van der Waals surface area contributed by atoms with Crippen molar-refractivity contribution in [3.63, 3.8) is 0 Å². The highest BCUT2D eigenvalue weighted by atomic mass is 19.1. The fourth-order valence-corrected chi connectivity index (χ4v) is 1.69. The standard InChI is InChI=1S/C13H13FN2O/c1-9(17)10-4-3-5-11(8-10)12(14)13-15-6-7-16(13)2/h3-8,12H,1-2H3. The molecular formula is C13H13FN2O. The van der Waals surface area contributed by atoms with Gasteiger partial charge in [-0.25, -0.2) is 9.37 Å². The van der Waals surface area contributed by atoms with Crippen LogP contribution in [0.5, 0.6) is 0 Å². The molecule has 0 amide bonds. The number of hydrogen-bond donors (Lipinski definition) is 0. The lowest BCUT2D eigenvalue weighted by Crippen LogP contribution is -2.04. The number of aryl methyl sites for hydroxylation is 1. The van der Waals surface area contributed by atoms with Crippen LogP contribution in [0.1, 0.15) is 34.8 Å². The molecule has 3 nitrogen and oxygen atoms in total. The summed E-state index contributed by atoms with van der Waals surface area (Å²) >= 11 is 0. The maximum Gasteiger partial charge on any atom is 0.183 e. The summed E-state index contributed by atoms with van der Waals surface area (Å²) in [6.45, 7) is 1.47. The average molecular weight is 232 g/mol. The number of alkyl halides is 1. The van der Waals surface area contributed by atoms with Crippen LogP contribution in [-0.4, -0.2) is 15.3 Å². The number of ketones is 1. The van der Waals surface area contributed by atoms with Crippen molar-refractivity contribution in [2.24, 2.45) is 7.05 Å². The molecule has 0 radical (unpaired) electrons. The lowest BCUT2D eigenvalue weighted by atomic mass is 10.0. The van der Waals surface area contributed by atoms with E-state index in [1.807, 2.05) is 0 Å². The Labute approximate surface area is 98.9 Å². The molecule has 1 aromatic heterocycles. The Morgan fingerprint density at radius 3 is 2.82 bits per heavy atom. The third kappa shape index (κ3) is 2.25. The van der Waals surface area contributed by atoms with Crippen molar-refractivity contribution in [3.8, 4) is 0 Å². The molecule has 4 heteroatoms. The minimum absolute atomic E-state index is 0.0705. The smallest absolute Gasteiger partial charge is 0.183 e. The molecule has 0 bridgehead atoms. The molecule has 0 N–H and O–H groups in total. The molecule has 0 aliphatic heterocycles. The van der Waals surface area contributed by atoms with E-state index in [2.05, 4.69) is 4.98 Å². The van der Waals surface area contributed by atoms with Crippen molar-refractivity contribution in [3.05, 3.63) is 53.6 Å². The summed E-state index contributed by atoms with van der Waals surface area (Å²) in [5.41, 5.74) is 0.964. The molecule has 2 rings (SSSR count). The van der Waals surface area contributed by atoms with Crippen LogP contribution in [0.4, 0.5) is 4.39 Å². The molecule has 2 aromatic rings. The summed E-state index contributed by atoms with van der Waals surface area (Å²) < 4.78 is 15.8. The van der Waals surface area contributed by atoms with Gasteiger partial charge < -0.3 is 4.57 Å². The topological polar surface area (TPSA) is 34.9 Å². The molecule has 1 atom stereocenters. The van der Waals surface area contributed by atoms with E-state index in [1.54, 1.807) is 48.3 Å². The van der Waals surface area contributed by atoms with Gasteiger partial charge in [0.1, 0.15) is 5.82 Å². The van der Waals surface area contributed by atoms with Crippen molar-refractivity contribution >= 4 is 5.78 Å². The molecule has 0 saturated carbocycles. The van der Waals surface area contributed by atoms with Gasteiger partial charge in [-0.1, -0.05) is 18.2 Å². The minimum Gasteiger partial charge on any atom is -0.335 e. The molecular weight excluding hydrogens is 219 g/mol. The Morgan fingerprint density at radius 1 is 1.47 bits per heavy atom. The van der Waals surface area contributed by atoms with Crippen LogP contribution in [-0.2, 0) is 7.05 Å². The summed E-state index contributed by atoms with van der Waals surface area (Å²) in [5.74, 6) is 0.268. The van der Waals surface area contributed by atoms with Crippen LogP contribution >= 0.6 is 0 Å². The van der Waals surface area contributed by atoms with Crippen molar-refractivity contribution < 1.29 is 9.18 Å². The zero-order valence-corrected chi connectivity index (χ0v) is 9.72. The van der Waals surface area contributed by atoms with Gasteiger partial charge in [0.2, 0.25) is 0 Å². The SMILES string of the molecule is CC(=O)c1cccc(C(F)c2nccn2C)c1. The van der Waals surface area contributed by atoms with E-state index < -0.39 is 6.17 Å². The maximum absolute atomic E-state index is 14.2. The third-order valence-corrected chi connectivity index (χ3v) is 2.67. The Bertz CT molecular complexity index is 548. The molecule has 0 saturated heterocycles. The average Bonchev–Trinajstić information content (AvgIpc) is 2.74. The molecule has 0 fully saturated rings. The second-order valence-electron chi connectivity index (χ2n) is 3.94. The summed E-state index contributed by atoms with van der Waals surface area (Å²) in [6.07, 6.45) is 1.93. The first kappa shape index (κ1) is 11.5. The summed E-state index contributed by atoms with van der Waals surface area (Å²) in [6, 6.07) is 6.59. The first-order valence-electron chi connectivity index (χ1n) is 5.32. The third-order valence-electron chi connectivity index (χ3n) is 2.67. The predicted octanol–water partition coefficient (Wildman–Crippen LogP) is 2.68. The Kier molecular flexibility index (Phi) is 3.04. The van der Waals surface area contributed by atoms with Crippen LogP contribution in [0.2, 0.25) is 0 Å². The second-order valence-corrected chi connectivity index (χ2v) is 3.94. The number of hydrogen-bond acceptors (Lipinski definition) is 2. The first-order valence-corrected chi connectivity index (χ1v) is 5.32. The number of aromatic nitrogens is 2. The Balaban J connectivity index is 2.37. The molecule has 88 valence electrons. The van der Waals surface area contributed by atoms with Crippen LogP contribution in [0, 0.1) is 0 Å². The van der Waals surface area contributed by atoms with E-state index in [9.17, 15) is 9.18 Å². The van der Waals surface area contributed by atoms with E-state index in [0.717, 1.165) is 0 Å². The number of imidazole rings is 1. The molecule has 1 unspecified atom stereocenters. The zero-order valence-electron chi connectivity index (χ0n) is 9.72. The van der Waals surface area contributed by atoms with Crippen LogP contribution in [0.15, 0.2) is 36.7 Å². The van der Waals surface area contributed by atoms with Gasteiger partial charge in [0.25, 0.3) is 0 Å². The highest BCUT2D eigenvalue weighted by Crippen LogP contribution is 2.25. The minimum atomic E-state index is -1.31. The van der Waals surface area contributed by atoms with Crippen LogP contribution < -0.4 is 0 Å². The predicted molar refractivity (Wildman–Crippen MR) is 62.6 cm³/mol. The number of carbonyl (C=O) groups is 1. The van der Waals surface area contributed by atoms with Crippen molar-refractivity contribution in [2.45, 2.75) is 13.1 Å². The van der Waals surface area contributed by atoms with Gasteiger partial charge in [0.05, 0.1) is 0 Å². The summed E-state index contributed by atoms with van der Waals surface area (Å²) in [5, 5.41) is 0. The fourth-order valence-electron chi connectivity index (χ4n) is 1.69. The monoisotopic (exact) mass is 232 g/mol. The number of rotatable bonds is 3. The maximum atomic E-state index is 14.2. The van der Waals surface area contributed by atoms with E-state index in [0.29, 0.717) is 17.0 Å². The molecule has 0 aliphatic carbocycles. The summed E-state index contributed by atoms with van der Waals surface area (Å²) in [4.78, 5) is 15.2.